The van der Waals surface area contributed by atoms with E-state index in [-0.39, 0.29) is 11.8 Å². The van der Waals surface area contributed by atoms with Gasteiger partial charge in [0.2, 0.25) is 5.91 Å². The second-order valence-electron chi connectivity index (χ2n) is 3.74. The molecule has 0 atom stereocenters. The maximum atomic E-state index is 11.2. The van der Waals surface area contributed by atoms with E-state index in [1.807, 2.05) is 18.6 Å². The summed E-state index contributed by atoms with van der Waals surface area (Å²) >= 11 is 0. The van der Waals surface area contributed by atoms with Gasteiger partial charge in [0.15, 0.2) is 0 Å². The zero-order chi connectivity index (χ0) is 11.4. The Balaban J connectivity index is 4.44. The minimum Gasteiger partial charge on any atom is -0.274 e. The average molecular weight is 219 g/mol. The monoisotopic (exact) mass is 219 g/mol. The molecule has 0 fully saturated rings. The summed E-state index contributed by atoms with van der Waals surface area (Å²) < 4.78 is 24.4. The molecule has 0 aromatic carbocycles. The topological polar surface area (TPSA) is 63.2 Å². The minimum absolute atomic E-state index is 0.140. The Morgan fingerprint density at radius 1 is 1.21 bits per heavy atom. The first-order chi connectivity index (χ1) is 6.24. The highest BCUT2D eigenvalue weighted by molar-refractivity contribution is 7.92. The molecule has 0 aliphatic carbocycles. The molecule has 0 heterocycles. The third-order valence-electron chi connectivity index (χ3n) is 1.41. The third-order valence-corrected chi connectivity index (χ3v) is 2.41. The van der Waals surface area contributed by atoms with Crippen molar-refractivity contribution in [3.8, 4) is 0 Å². The summed E-state index contributed by atoms with van der Waals surface area (Å²) in [7, 11) is -3.60. The van der Waals surface area contributed by atoms with E-state index in [0.29, 0.717) is 0 Å². The molecule has 0 bridgehead atoms. The number of rotatable bonds is 4. The van der Waals surface area contributed by atoms with Gasteiger partial charge in [0.05, 0.1) is 0 Å². The predicted molar refractivity (Wildman–Crippen MR) is 55.9 cm³/mol. The maximum Gasteiger partial charge on any atom is 0.256 e. The molecule has 0 unspecified atom stereocenters. The lowest BCUT2D eigenvalue weighted by atomic mass is 10.2. The van der Waals surface area contributed by atoms with Gasteiger partial charge in [0, 0.05) is 11.3 Å². The Bertz CT molecular complexity index is 315. The van der Waals surface area contributed by atoms with Crippen molar-refractivity contribution in [2.24, 2.45) is 11.8 Å². The van der Waals surface area contributed by atoms with Crippen LogP contribution in [-0.4, -0.2) is 14.3 Å². The first-order valence-electron chi connectivity index (χ1n) is 4.49. The van der Waals surface area contributed by atoms with Crippen molar-refractivity contribution in [3.63, 3.8) is 0 Å². The highest BCUT2D eigenvalue weighted by atomic mass is 32.2. The van der Waals surface area contributed by atoms with Crippen molar-refractivity contribution in [2.45, 2.75) is 27.7 Å². The average Bonchev–Trinajstić information content (AvgIpc) is 2.00. The summed E-state index contributed by atoms with van der Waals surface area (Å²) in [6.45, 7) is 6.99. The fourth-order valence-electron chi connectivity index (χ4n) is 0.553. The zero-order valence-electron chi connectivity index (χ0n) is 8.94. The van der Waals surface area contributed by atoms with Gasteiger partial charge in [-0.25, -0.2) is 13.1 Å². The Labute approximate surface area is 85.4 Å². The van der Waals surface area contributed by atoms with E-state index in [4.69, 9.17) is 0 Å². The summed E-state index contributed by atoms with van der Waals surface area (Å²) in [6.07, 6.45) is 1.52. The zero-order valence-corrected chi connectivity index (χ0v) is 9.76. The van der Waals surface area contributed by atoms with Gasteiger partial charge in [-0.15, -0.1) is 0 Å². The summed E-state index contributed by atoms with van der Waals surface area (Å²) in [5, 5.41) is 1.03. The molecule has 82 valence electrons. The van der Waals surface area contributed by atoms with Crippen LogP contribution in [0.25, 0.3) is 0 Å². The molecule has 0 radical (unpaired) electrons. The van der Waals surface area contributed by atoms with Gasteiger partial charge in [0.1, 0.15) is 0 Å². The number of nitrogens with one attached hydrogen (secondary N) is 1. The van der Waals surface area contributed by atoms with Crippen molar-refractivity contribution >= 4 is 15.9 Å². The summed E-state index contributed by atoms with van der Waals surface area (Å²) in [4.78, 5) is 11.1. The molecule has 0 rings (SSSR count). The number of carbonyl (C=O) groups is 1. The van der Waals surface area contributed by atoms with Crippen LogP contribution in [-0.2, 0) is 14.8 Å². The van der Waals surface area contributed by atoms with Gasteiger partial charge in [-0.1, -0.05) is 33.8 Å². The summed E-state index contributed by atoms with van der Waals surface area (Å²) in [6, 6.07) is 0. The molecule has 14 heavy (non-hydrogen) atoms. The quantitative estimate of drug-likeness (QED) is 0.774. The smallest absolute Gasteiger partial charge is 0.256 e. The molecule has 0 spiro atoms. The van der Waals surface area contributed by atoms with Crippen LogP contribution in [0.1, 0.15) is 27.7 Å². The molecule has 0 saturated heterocycles. The Kier molecular flexibility index (Phi) is 4.83. The lowest BCUT2D eigenvalue weighted by Crippen LogP contribution is -2.32. The van der Waals surface area contributed by atoms with Crippen molar-refractivity contribution in [1.82, 2.24) is 4.72 Å². The Morgan fingerprint density at radius 2 is 1.71 bits per heavy atom. The molecule has 0 saturated carbocycles. The summed E-state index contributed by atoms with van der Waals surface area (Å²) in [5.74, 6) is -0.684. The van der Waals surface area contributed by atoms with Crippen molar-refractivity contribution in [3.05, 3.63) is 11.5 Å². The van der Waals surface area contributed by atoms with Gasteiger partial charge < -0.3 is 0 Å². The van der Waals surface area contributed by atoms with Gasteiger partial charge in [0.25, 0.3) is 10.0 Å². The molecule has 4 nitrogen and oxygen atoms in total. The van der Waals surface area contributed by atoms with Crippen LogP contribution in [0.15, 0.2) is 11.5 Å². The second-order valence-corrected chi connectivity index (χ2v) is 5.30. The predicted octanol–water partition coefficient (Wildman–Crippen LogP) is 1.26. The maximum absolute atomic E-state index is 11.2. The number of allylic oxidation sites excluding steroid dienone is 1. The molecule has 1 N–H and O–H groups in total. The van der Waals surface area contributed by atoms with E-state index in [1.54, 1.807) is 13.8 Å². The van der Waals surface area contributed by atoms with E-state index in [0.717, 1.165) is 5.41 Å². The fourth-order valence-corrected chi connectivity index (χ4v) is 1.66. The number of hydrogen-bond acceptors (Lipinski definition) is 3. The second kappa shape index (κ2) is 5.14. The standard InChI is InChI=1S/C9H17NO3S/c1-7(2)5-6-14(12,13)10-9(11)8(3)4/h5-8H,1-4H3,(H,10,11)/b6-5-. The number of sulfonamides is 1. The summed E-state index contributed by atoms with van der Waals surface area (Å²) in [5.41, 5.74) is 0. The van der Waals surface area contributed by atoms with E-state index in [2.05, 4.69) is 0 Å². The van der Waals surface area contributed by atoms with Crippen LogP contribution >= 0.6 is 0 Å². The first-order valence-corrected chi connectivity index (χ1v) is 6.04. The fraction of sp³-hybridized carbons (Fsp3) is 0.667. The van der Waals surface area contributed by atoms with Gasteiger partial charge in [-0.2, -0.15) is 0 Å². The lowest BCUT2D eigenvalue weighted by Gasteiger charge is -2.05. The molecule has 5 heteroatoms. The lowest BCUT2D eigenvalue weighted by molar-refractivity contribution is -0.122. The number of amides is 1. The molecular weight excluding hydrogens is 202 g/mol. The van der Waals surface area contributed by atoms with E-state index >= 15 is 0 Å². The largest absolute Gasteiger partial charge is 0.274 e. The third kappa shape index (κ3) is 5.75. The first kappa shape index (κ1) is 13.2. The Hall–Kier alpha value is -0.840. The molecule has 0 aliphatic heterocycles. The van der Waals surface area contributed by atoms with Crippen LogP contribution in [0.5, 0.6) is 0 Å². The van der Waals surface area contributed by atoms with Crippen LogP contribution in [0.3, 0.4) is 0 Å². The van der Waals surface area contributed by atoms with Crippen LogP contribution < -0.4 is 4.72 Å². The van der Waals surface area contributed by atoms with Crippen LogP contribution in [0, 0.1) is 11.8 Å². The molecule has 0 aromatic rings. The van der Waals surface area contributed by atoms with E-state index in [9.17, 15) is 13.2 Å². The van der Waals surface area contributed by atoms with Crippen LogP contribution in [0.4, 0.5) is 0 Å². The molecule has 0 aliphatic rings. The van der Waals surface area contributed by atoms with Gasteiger partial charge in [-0.05, 0) is 5.92 Å². The van der Waals surface area contributed by atoms with Crippen molar-refractivity contribution in [2.75, 3.05) is 0 Å². The SMILES string of the molecule is CC(C)/C=C\S(=O)(=O)NC(=O)C(C)C. The van der Waals surface area contributed by atoms with Crippen molar-refractivity contribution in [1.29, 1.82) is 0 Å². The molecule has 0 aromatic heterocycles. The number of carbonyl (C=O) groups excluding carboxylic acids is 1. The highest BCUT2D eigenvalue weighted by Crippen LogP contribution is 1.99. The van der Waals surface area contributed by atoms with E-state index < -0.39 is 15.9 Å². The highest BCUT2D eigenvalue weighted by Gasteiger charge is 2.13. The Morgan fingerprint density at radius 3 is 2.07 bits per heavy atom. The normalized spacial score (nSPS) is 12.7. The van der Waals surface area contributed by atoms with Crippen molar-refractivity contribution < 1.29 is 13.2 Å². The number of hydrogen-bond donors (Lipinski definition) is 1. The molecule has 1 amide bonds. The van der Waals surface area contributed by atoms with E-state index in [1.165, 1.54) is 6.08 Å². The van der Waals surface area contributed by atoms with Crippen LogP contribution in [0.2, 0.25) is 0 Å². The molecular formula is C9H17NO3S. The van der Waals surface area contributed by atoms with Gasteiger partial charge in [-0.3, -0.25) is 4.79 Å². The minimum atomic E-state index is -3.60. The van der Waals surface area contributed by atoms with Gasteiger partial charge >= 0.3 is 0 Å².